The van der Waals surface area contributed by atoms with Crippen LogP contribution in [0, 0.1) is 11.3 Å². The predicted octanol–water partition coefficient (Wildman–Crippen LogP) is 1.72. The number of anilines is 1. The van der Waals surface area contributed by atoms with E-state index in [1.165, 1.54) is 13.1 Å². The first-order valence-corrected chi connectivity index (χ1v) is 9.74. The molecule has 30 heavy (non-hydrogen) atoms. The number of carbonyl (C=O) groups excluding carboxylic acids is 1. The lowest BCUT2D eigenvalue weighted by Crippen LogP contribution is -2.37. The van der Waals surface area contributed by atoms with Crippen LogP contribution in [0.5, 0.6) is 5.75 Å². The van der Waals surface area contributed by atoms with Crippen molar-refractivity contribution in [3.05, 3.63) is 42.4 Å². The van der Waals surface area contributed by atoms with Gasteiger partial charge in [-0.2, -0.15) is 10.4 Å². The van der Waals surface area contributed by atoms with Crippen molar-refractivity contribution in [2.75, 3.05) is 18.4 Å². The average Bonchev–Trinajstić information content (AvgIpc) is 3.13. The smallest absolute Gasteiger partial charge is 0.216 e. The molecule has 4 rings (SSSR count). The van der Waals surface area contributed by atoms with Crippen LogP contribution in [0.25, 0.3) is 16.6 Å². The van der Waals surface area contributed by atoms with E-state index in [2.05, 4.69) is 26.8 Å². The normalized spacial score (nSPS) is 17.8. The van der Waals surface area contributed by atoms with Gasteiger partial charge in [-0.3, -0.25) is 4.79 Å². The van der Waals surface area contributed by atoms with Gasteiger partial charge in [-0.25, -0.2) is 9.50 Å². The number of hydrogen-bond donors (Lipinski definition) is 3. The summed E-state index contributed by atoms with van der Waals surface area (Å²) in [6, 6.07) is 7.81. The van der Waals surface area contributed by atoms with Crippen LogP contribution in [0.15, 0.2) is 36.8 Å². The number of pyridine rings is 2. The Bertz CT molecular complexity index is 1100. The molecule has 0 unspecified atom stereocenters. The second-order valence-electron chi connectivity index (χ2n) is 7.26. The summed E-state index contributed by atoms with van der Waals surface area (Å²) in [6.07, 6.45) is 5.89. The Morgan fingerprint density at radius 3 is 2.87 bits per heavy atom. The van der Waals surface area contributed by atoms with Crippen molar-refractivity contribution in [1.29, 1.82) is 5.26 Å². The molecule has 3 aromatic heterocycles. The minimum atomic E-state index is -0.303. The lowest BCUT2D eigenvalue weighted by atomic mass is 9.92. The highest BCUT2D eigenvalue weighted by molar-refractivity contribution is 5.85. The molecular formula is C21H22N6O3. The van der Waals surface area contributed by atoms with Crippen LogP contribution >= 0.6 is 0 Å². The van der Waals surface area contributed by atoms with E-state index >= 15 is 0 Å². The van der Waals surface area contributed by atoms with Gasteiger partial charge in [-0.05, 0) is 18.2 Å². The van der Waals surface area contributed by atoms with Crippen molar-refractivity contribution < 1.29 is 14.6 Å². The highest BCUT2D eigenvalue weighted by Crippen LogP contribution is 2.33. The van der Waals surface area contributed by atoms with Gasteiger partial charge in [0.2, 0.25) is 5.91 Å². The van der Waals surface area contributed by atoms with Gasteiger partial charge in [-0.1, -0.05) is 0 Å². The van der Waals surface area contributed by atoms with Gasteiger partial charge in [-0.15, -0.1) is 0 Å². The summed E-state index contributed by atoms with van der Waals surface area (Å²) in [5.41, 5.74) is 2.77. The molecule has 0 aromatic carbocycles. The summed E-state index contributed by atoms with van der Waals surface area (Å²) in [5.74, 6) is 1.24. The van der Waals surface area contributed by atoms with Gasteiger partial charge in [0.15, 0.2) is 0 Å². The van der Waals surface area contributed by atoms with Crippen LogP contribution in [0.3, 0.4) is 0 Å². The quantitative estimate of drug-likeness (QED) is 0.510. The lowest BCUT2D eigenvalue weighted by molar-refractivity contribution is -0.118. The van der Waals surface area contributed by atoms with E-state index in [0.717, 1.165) is 11.1 Å². The molecule has 0 saturated heterocycles. The van der Waals surface area contributed by atoms with Gasteiger partial charge < -0.3 is 20.5 Å². The summed E-state index contributed by atoms with van der Waals surface area (Å²) in [7, 11) is 0. The maximum absolute atomic E-state index is 10.9. The number of carbonyl (C=O) groups is 1. The average molecular weight is 406 g/mol. The number of nitriles is 1. The third-order valence-corrected chi connectivity index (χ3v) is 4.96. The topological polar surface area (TPSA) is 125 Å². The van der Waals surface area contributed by atoms with Gasteiger partial charge in [0.1, 0.15) is 23.7 Å². The molecule has 1 fully saturated rings. The summed E-state index contributed by atoms with van der Waals surface area (Å²) in [5, 5.41) is 29.1. The van der Waals surface area contributed by atoms with Crippen LogP contribution in [-0.2, 0) is 4.79 Å². The Labute approximate surface area is 173 Å². The highest BCUT2D eigenvalue weighted by atomic mass is 16.5. The fraction of sp³-hybridized carbons (Fsp3) is 0.333. The number of aromatic nitrogens is 3. The summed E-state index contributed by atoms with van der Waals surface area (Å²) in [4.78, 5) is 15.4. The molecule has 0 spiro atoms. The van der Waals surface area contributed by atoms with Crippen molar-refractivity contribution in [3.8, 4) is 22.9 Å². The first-order valence-electron chi connectivity index (χ1n) is 9.74. The summed E-state index contributed by atoms with van der Waals surface area (Å²) < 4.78 is 7.61. The fourth-order valence-electron chi connectivity index (χ4n) is 3.38. The molecule has 3 heterocycles. The second kappa shape index (κ2) is 8.39. The Hall–Kier alpha value is -3.64. The van der Waals surface area contributed by atoms with Crippen LogP contribution in [0.2, 0.25) is 0 Å². The molecule has 9 heteroatoms. The van der Waals surface area contributed by atoms with E-state index in [9.17, 15) is 15.2 Å². The van der Waals surface area contributed by atoms with Crippen molar-refractivity contribution in [1.82, 2.24) is 19.9 Å². The van der Waals surface area contributed by atoms with Crippen LogP contribution in [0.4, 0.5) is 5.82 Å². The third-order valence-electron chi connectivity index (χ3n) is 4.96. The van der Waals surface area contributed by atoms with Crippen molar-refractivity contribution >= 4 is 17.2 Å². The number of hydrogen-bond acceptors (Lipinski definition) is 7. The molecule has 1 aliphatic rings. The first kappa shape index (κ1) is 19.7. The molecule has 154 valence electrons. The zero-order valence-corrected chi connectivity index (χ0v) is 16.5. The standard InChI is InChI=1S/C21H22N6O3/c1-13(28)23-4-5-24-20-3-2-14(10-25-20)19-8-18(30-17-6-16(29)7-17)12-27-21(19)15(9-22)11-26-27/h2-3,8,10-12,16-17,29H,4-7H2,1H3,(H,23,28)(H,24,25). The van der Waals surface area contributed by atoms with Gasteiger partial charge in [0.25, 0.3) is 0 Å². The lowest BCUT2D eigenvalue weighted by Gasteiger charge is -2.31. The second-order valence-corrected chi connectivity index (χ2v) is 7.26. The maximum Gasteiger partial charge on any atom is 0.216 e. The fourth-order valence-corrected chi connectivity index (χ4v) is 3.38. The zero-order chi connectivity index (χ0) is 21.1. The Morgan fingerprint density at radius 1 is 1.37 bits per heavy atom. The Morgan fingerprint density at radius 2 is 2.20 bits per heavy atom. The monoisotopic (exact) mass is 406 g/mol. The largest absolute Gasteiger partial charge is 0.489 e. The van der Waals surface area contributed by atoms with Crippen molar-refractivity contribution in [3.63, 3.8) is 0 Å². The van der Waals surface area contributed by atoms with Crippen LogP contribution < -0.4 is 15.4 Å². The molecule has 3 aromatic rings. The molecule has 0 bridgehead atoms. The minimum Gasteiger partial charge on any atom is -0.489 e. The number of amides is 1. The van der Waals surface area contributed by atoms with Crippen molar-refractivity contribution in [2.24, 2.45) is 0 Å². The molecule has 1 amide bonds. The molecule has 9 nitrogen and oxygen atoms in total. The molecule has 1 aliphatic carbocycles. The zero-order valence-electron chi connectivity index (χ0n) is 16.5. The molecule has 3 N–H and O–H groups in total. The number of ether oxygens (including phenoxy) is 1. The molecule has 0 atom stereocenters. The summed E-state index contributed by atoms with van der Waals surface area (Å²) in [6.45, 7) is 2.55. The van der Waals surface area contributed by atoms with E-state index < -0.39 is 0 Å². The number of rotatable bonds is 7. The summed E-state index contributed by atoms with van der Waals surface area (Å²) >= 11 is 0. The number of nitrogens with zero attached hydrogens (tertiary/aromatic N) is 4. The number of aliphatic hydroxyl groups excluding tert-OH is 1. The van der Waals surface area contributed by atoms with Gasteiger partial charge in [0, 0.05) is 50.2 Å². The molecule has 1 saturated carbocycles. The molecular weight excluding hydrogens is 384 g/mol. The van der Waals surface area contributed by atoms with E-state index in [4.69, 9.17) is 4.74 Å². The number of fused-ring (bicyclic) bond motifs is 1. The van der Waals surface area contributed by atoms with Gasteiger partial charge >= 0.3 is 0 Å². The van der Waals surface area contributed by atoms with Crippen molar-refractivity contribution in [2.45, 2.75) is 32.0 Å². The Kier molecular flexibility index (Phi) is 5.50. The number of nitrogens with one attached hydrogen (secondary N) is 2. The van der Waals surface area contributed by atoms with E-state index in [1.807, 2.05) is 18.2 Å². The predicted molar refractivity (Wildman–Crippen MR) is 110 cm³/mol. The highest BCUT2D eigenvalue weighted by Gasteiger charge is 2.29. The van der Waals surface area contributed by atoms with E-state index in [-0.39, 0.29) is 18.1 Å². The van der Waals surface area contributed by atoms with E-state index in [1.54, 1.807) is 16.9 Å². The Balaban J connectivity index is 1.59. The van der Waals surface area contributed by atoms with Crippen LogP contribution in [0.1, 0.15) is 25.3 Å². The first-order chi connectivity index (χ1) is 14.5. The SMILES string of the molecule is CC(=O)NCCNc1ccc(-c2cc(OC3CC(O)C3)cn3ncc(C#N)c23)cn1. The molecule has 0 aliphatic heterocycles. The number of aliphatic hydroxyl groups is 1. The van der Waals surface area contributed by atoms with E-state index in [0.29, 0.717) is 48.6 Å². The van der Waals surface area contributed by atoms with Gasteiger partial charge in [0.05, 0.1) is 29.6 Å². The molecule has 0 radical (unpaired) electrons. The third kappa shape index (κ3) is 4.18. The maximum atomic E-state index is 10.9. The van der Waals surface area contributed by atoms with Crippen LogP contribution in [-0.4, -0.2) is 50.9 Å². The minimum absolute atomic E-state index is 0.0235.